The first kappa shape index (κ1) is 26.1. The lowest BCUT2D eigenvalue weighted by molar-refractivity contribution is -0.137. The number of ether oxygens (including phenoxy) is 1. The van der Waals surface area contributed by atoms with E-state index < -0.39 is 5.97 Å². The van der Waals surface area contributed by atoms with Crippen LogP contribution in [-0.4, -0.2) is 17.4 Å². The first-order valence-electron chi connectivity index (χ1n) is 12.1. The predicted molar refractivity (Wildman–Crippen MR) is 136 cm³/mol. The third kappa shape index (κ3) is 6.56. The fraction of sp³-hybridized carbons (Fsp3) is 0.333. The molecule has 0 aliphatic rings. The van der Waals surface area contributed by atoms with Gasteiger partial charge in [-0.25, -0.2) is 4.39 Å². The van der Waals surface area contributed by atoms with E-state index >= 15 is 0 Å². The zero-order valence-electron chi connectivity index (χ0n) is 20.6. The Kier molecular flexibility index (Phi) is 9.18. The lowest BCUT2D eigenvalue weighted by atomic mass is 9.80. The van der Waals surface area contributed by atoms with Crippen LogP contribution in [0.1, 0.15) is 81.8 Å². The zero-order valence-corrected chi connectivity index (χ0v) is 20.6. The molecular weight excluding hydrogens is 443 g/mol. The van der Waals surface area contributed by atoms with E-state index in [0.717, 1.165) is 64.7 Å². The van der Waals surface area contributed by atoms with Crippen molar-refractivity contribution in [2.75, 3.05) is 0 Å². The molecule has 0 saturated carbocycles. The molecule has 0 spiro atoms. The first-order valence-corrected chi connectivity index (χ1v) is 12.1. The number of rotatable bonds is 12. The predicted octanol–water partition coefficient (Wildman–Crippen LogP) is 7.31. The summed E-state index contributed by atoms with van der Waals surface area (Å²) in [6, 6.07) is 16.4. The molecule has 1 N–H and O–H groups in total. The number of carbonyl (C=O) groups is 2. The van der Waals surface area contributed by atoms with Gasteiger partial charge in [-0.1, -0.05) is 55.3 Å². The number of aldehydes is 1. The Labute approximate surface area is 206 Å². The van der Waals surface area contributed by atoms with Crippen LogP contribution < -0.4 is 4.74 Å². The topological polar surface area (TPSA) is 63.6 Å². The van der Waals surface area contributed by atoms with E-state index in [0.29, 0.717) is 18.6 Å². The number of hydrogen-bond acceptors (Lipinski definition) is 3. The molecule has 0 aliphatic carbocycles. The molecule has 0 aliphatic heterocycles. The molecule has 1 atom stereocenters. The van der Waals surface area contributed by atoms with E-state index in [-0.39, 0.29) is 18.2 Å². The van der Waals surface area contributed by atoms with Crippen molar-refractivity contribution in [3.63, 3.8) is 0 Å². The van der Waals surface area contributed by atoms with Gasteiger partial charge in [0.15, 0.2) is 6.29 Å². The van der Waals surface area contributed by atoms with E-state index in [1.165, 1.54) is 12.1 Å². The maximum Gasteiger partial charge on any atom is 0.303 e. The Morgan fingerprint density at radius 1 is 0.943 bits per heavy atom. The molecule has 3 aromatic carbocycles. The number of halogens is 1. The number of unbranched alkanes of at least 4 members (excludes halogenated alkanes) is 2. The maximum absolute atomic E-state index is 13.8. The summed E-state index contributed by atoms with van der Waals surface area (Å²) >= 11 is 0. The highest BCUT2D eigenvalue weighted by Gasteiger charge is 2.26. The minimum Gasteiger partial charge on any atom is -0.488 e. The number of carboxylic acid groups (broad SMARTS) is 1. The third-order valence-corrected chi connectivity index (χ3v) is 6.71. The first-order chi connectivity index (χ1) is 16.8. The molecule has 0 fully saturated rings. The summed E-state index contributed by atoms with van der Waals surface area (Å²) in [5, 5.41) is 8.96. The number of benzene rings is 3. The molecule has 0 saturated heterocycles. The molecule has 5 heteroatoms. The fourth-order valence-electron chi connectivity index (χ4n) is 4.66. The molecule has 35 heavy (non-hydrogen) atoms. The molecule has 3 aromatic rings. The van der Waals surface area contributed by atoms with Crippen LogP contribution in [0.5, 0.6) is 5.75 Å². The Bertz CT molecular complexity index is 1150. The second-order valence-electron chi connectivity index (χ2n) is 9.02. The van der Waals surface area contributed by atoms with Crippen LogP contribution in [0.15, 0.2) is 54.6 Å². The minimum atomic E-state index is -0.794. The Morgan fingerprint density at radius 2 is 1.63 bits per heavy atom. The van der Waals surface area contributed by atoms with Crippen molar-refractivity contribution in [2.24, 2.45) is 0 Å². The Hall–Kier alpha value is -3.47. The number of carbonyl (C=O) groups excluding carboxylic acids is 1. The van der Waals surface area contributed by atoms with Gasteiger partial charge in [0.25, 0.3) is 0 Å². The Balaban J connectivity index is 2.06. The second-order valence-corrected chi connectivity index (χ2v) is 9.02. The monoisotopic (exact) mass is 476 g/mol. The highest BCUT2D eigenvalue weighted by Crippen LogP contribution is 2.43. The van der Waals surface area contributed by atoms with Crippen LogP contribution in [0.4, 0.5) is 4.39 Å². The van der Waals surface area contributed by atoms with Crippen molar-refractivity contribution in [2.45, 2.75) is 65.4 Å². The molecule has 0 radical (unpaired) electrons. The fourth-order valence-corrected chi connectivity index (χ4v) is 4.66. The van der Waals surface area contributed by atoms with E-state index in [1.54, 1.807) is 12.1 Å². The largest absolute Gasteiger partial charge is 0.488 e. The molecule has 0 bridgehead atoms. The average Bonchev–Trinajstić information content (AvgIpc) is 2.85. The van der Waals surface area contributed by atoms with Gasteiger partial charge < -0.3 is 9.84 Å². The van der Waals surface area contributed by atoms with Gasteiger partial charge in [0.2, 0.25) is 0 Å². The van der Waals surface area contributed by atoms with Gasteiger partial charge in [0.1, 0.15) is 18.2 Å². The highest BCUT2D eigenvalue weighted by atomic mass is 19.1. The normalized spacial score (nSPS) is 11.8. The summed E-state index contributed by atoms with van der Waals surface area (Å²) in [4.78, 5) is 23.0. The minimum absolute atomic E-state index is 0.121. The zero-order chi connectivity index (χ0) is 25.4. The van der Waals surface area contributed by atoms with Crippen LogP contribution in [0, 0.1) is 26.6 Å². The molecule has 0 amide bonds. The van der Waals surface area contributed by atoms with E-state index in [4.69, 9.17) is 9.84 Å². The van der Waals surface area contributed by atoms with Gasteiger partial charge in [-0.15, -0.1) is 0 Å². The smallest absolute Gasteiger partial charge is 0.303 e. The summed E-state index contributed by atoms with van der Waals surface area (Å²) in [6.45, 7) is 6.24. The second kappa shape index (κ2) is 12.3. The molecule has 1 unspecified atom stereocenters. The van der Waals surface area contributed by atoms with Crippen molar-refractivity contribution >= 4 is 12.3 Å². The number of carboxylic acids is 1. The summed E-state index contributed by atoms with van der Waals surface area (Å²) in [5.41, 5.74) is 6.26. The maximum atomic E-state index is 13.8. The Morgan fingerprint density at radius 3 is 2.26 bits per heavy atom. The lowest BCUT2D eigenvalue weighted by Crippen LogP contribution is -2.12. The summed E-state index contributed by atoms with van der Waals surface area (Å²) in [6.07, 6.45) is 3.95. The van der Waals surface area contributed by atoms with Crippen LogP contribution in [0.25, 0.3) is 0 Å². The van der Waals surface area contributed by atoms with Crippen molar-refractivity contribution < 1.29 is 23.8 Å². The van der Waals surface area contributed by atoms with Gasteiger partial charge in [-0.2, -0.15) is 0 Å². The van der Waals surface area contributed by atoms with Gasteiger partial charge in [0.05, 0.1) is 0 Å². The lowest BCUT2D eigenvalue weighted by Gasteiger charge is -2.27. The van der Waals surface area contributed by atoms with Crippen molar-refractivity contribution in [3.8, 4) is 5.75 Å². The van der Waals surface area contributed by atoms with Gasteiger partial charge in [-0.3, -0.25) is 9.59 Å². The van der Waals surface area contributed by atoms with E-state index in [2.05, 4.69) is 0 Å². The van der Waals surface area contributed by atoms with Gasteiger partial charge in [0, 0.05) is 23.5 Å². The molecule has 184 valence electrons. The van der Waals surface area contributed by atoms with Crippen LogP contribution in [-0.2, 0) is 11.4 Å². The molecule has 3 rings (SSSR count). The molecular formula is C30H33FO4. The third-order valence-electron chi connectivity index (χ3n) is 6.71. The van der Waals surface area contributed by atoms with E-state index in [1.807, 2.05) is 51.1 Å². The van der Waals surface area contributed by atoms with E-state index in [9.17, 15) is 14.0 Å². The average molecular weight is 477 g/mol. The van der Waals surface area contributed by atoms with Gasteiger partial charge >= 0.3 is 5.97 Å². The standard InChI is InChI=1S/C30H33FO4/c1-20-21(2)30(35-19-23-10-6-4-7-11-23)29(22(3)27(20)18-32)26(12-8-5-9-13-28(33)34)24-14-16-25(31)17-15-24/h4,6-7,10-11,14-18,26H,5,8-9,12-13,19H2,1-3H3,(H,33,34). The summed E-state index contributed by atoms with van der Waals surface area (Å²) in [5.74, 6) is -0.462. The summed E-state index contributed by atoms with van der Waals surface area (Å²) < 4.78 is 20.2. The molecule has 0 heterocycles. The molecule has 0 aromatic heterocycles. The number of hydrogen-bond donors (Lipinski definition) is 1. The van der Waals surface area contributed by atoms with Crippen molar-refractivity contribution in [1.82, 2.24) is 0 Å². The molecule has 4 nitrogen and oxygen atoms in total. The summed E-state index contributed by atoms with van der Waals surface area (Å²) in [7, 11) is 0. The van der Waals surface area contributed by atoms with Crippen LogP contribution in [0.2, 0.25) is 0 Å². The SMILES string of the molecule is Cc1c(C)c(OCc2ccccc2)c(C(CCCCCC(=O)O)c2ccc(F)cc2)c(C)c1C=O. The van der Waals surface area contributed by atoms with Crippen LogP contribution >= 0.6 is 0 Å². The van der Waals surface area contributed by atoms with Gasteiger partial charge in [-0.05, 0) is 73.6 Å². The van der Waals surface area contributed by atoms with Crippen molar-refractivity contribution in [1.29, 1.82) is 0 Å². The van der Waals surface area contributed by atoms with Crippen molar-refractivity contribution in [3.05, 3.63) is 99.4 Å². The number of aliphatic carboxylic acids is 1. The highest BCUT2D eigenvalue weighted by molar-refractivity contribution is 5.82. The van der Waals surface area contributed by atoms with Crippen LogP contribution in [0.3, 0.4) is 0 Å². The quantitative estimate of drug-likeness (QED) is 0.220.